The minimum absolute atomic E-state index is 0. The van der Waals surface area contributed by atoms with Gasteiger partial charge in [-0.05, 0) is 0 Å². The van der Waals surface area contributed by atoms with Crippen LogP contribution in [0.15, 0.2) is 0 Å². The Morgan fingerprint density at radius 1 is 0.400 bits per heavy atom. The quantitative estimate of drug-likeness (QED) is 0.359. The fraction of sp³-hybridized carbons (Fsp3) is 0. The van der Waals surface area contributed by atoms with Gasteiger partial charge in [0.2, 0.25) is 0 Å². The first-order valence-electron chi connectivity index (χ1n) is 1.34. The molecule has 65 valence electrons. The van der Waals surface area contributed by atoms with Gasteiger partial charge >= 0.3 is 87.9 Å². The van der Waals surface area contributed by atoms with Gasteiger partial charge in [-0.1, -0.05) is 0 Å². The van der Waals surface area contributed by atoms with E-state index in [1.54, 1.807) is 0 Å². The van der Waals surface area contributed by atoms with E-state index in [9.17, 15) is 0 Å². The van der Waals surface area contributed by atoms with E-state index in [1.165, 1.54) is 0 Å². The molecule has 0 aliphatic carbocycles. The molecular weight excluding hydrogens is 316 g/mol. The summed E-state index contributed by atoms with van der Waals surface area (Å²) in [5.74, 6) is 0. The Hall–Kier alpha value is -0.281. The van der Waals surface area contributed by atoms with E-state index in [4.69, 9.17) is 71.0 Å². The first-order chi connectivity index (χ1) is 6.00. The van der Waals surface area contributed by atoms with Crippen molar-refractivity contribution in [1.82, 2.24) is 0 Å². The standard InChI is InChI=1S/6CN.Fe.K.Zn/c6*1-2;;;/q6*-1;+3;+1;+2. The SMILES string of the molecule is [C-]#N.[C-]#N.[C-]#N.[C-]#N.[C-]#N.[C-]#N.[Fe+3].[K+].[Zn+2]. The Morgan fingerprint density at radius 2 is 0.400 bits per heavy atom. The van der Waals surface area contributed by atoms with Gasteiger partial charge in [0.05, 0.1) is 0 Å². The van der Waals surface area contributed by atoms with E-state index in [2.05, 4.69) is 0 Å². The Kier molecular flexibility index (Phi) is 159000. The molecule has 0 rings (SSSR count). The minimum Gasteiger partial charge on any atom is -0.512 e. The van der Waals surface area contributed by atoms with Gasteiger partial charge in [0.1, 0.15) is 0 Å². The molecule has 6 nitrogen and oxygen atoms in total. The zero-order valence-electron chi connectivity index (χ0n) is 7.74. The van der Waals surface area contributed by atoms with Crippen LogP contribution in [0.4, 0.5) is 0 Å². The summed E-state index contributed by atoms with van der Waals surface area (Å²) in [6.07, 6.45) is 0. The molecular formula is C6FeKN6Zn. The first kappa shape index (κ1) is 84.7. The summed E-state index contributed by atoms with van der Waals surface area (Å²) in [6, 6.07) is 0. The fourth-order valence-electron chi connectivity index (χ4n) is 0. The van der Waals surface area contributed by atoms with E-state index in [1.807, 2.05) is 0 Å². The normalized spacial score (nSPS) is 0.800. The molecule has 0 aromatic rings. The second kappa shape index (κ2) is 28200. The molecule has 0 saturated carbocycles. The minimum atomic E-state index is 0. The maximum absolute atomic E-state index is 6.25. The third-order valence-corrected chi connectivity index (χ3v) is 0. The molecule has 0 unspecified atom stereocenters. The van der Waals surface area contributed by atoms with Gasteiger partial charge in [0, 0.05) is 0 Å². The second-order valence-corrected chi connectivity index (χ2v) is 0. The third-order valence-electron chi connectivity index (χ3n) is 0. The zero-order valence-corrected chi connectivity index (χ0v) is 14.9. The van der Waals surface area contributed by atoms with Crippen molar-refractivity contribution in [1.29, 1.82) is 31.6 Å². The fourth-order valence-corrected chi connectivity index (χ4v) is 0. The van der Waals surface area contributed by atoms with Crippen molar-refractivity contribution in [2.24, 2.45) is 0 Å². The molecule has 1 radical (unpaired) electrons. The van der Waals surface area contributed by atoms with Crippen molar-refractivity contribution in [3.8, 4) is 0 Å². The summed E-state index contributed by atoms with van der Waals surface area (Å²) in [5, 5.41) is 37.5. The molecule has 0 amide bonds. The maximum atomic E-state index is 6.25. The summed E-state index contributed by atoms with van der Waals surface area (Å²) in [6.45, 7) is 28.5. The number of hydrogen-bond acceptors (Lipinski definition) is 6. The van der Waals surface area contributed by atoms with Crippen LogP contribution in [-0.4, -0.2) is 0 Å². The summed E-state index contributed by atoms with van der Waals surface area (Å²) >= 11 is 0. The van der Waals surface area contributed by atoms with Crippen LogP contribution >= 0.6 is 0 Å². The van der Waals surface area contributed by atoms with Crippen molar-refractivity contribution in [2.75, 3.05) is 0 Å². The Bertz CT molecular complexity index is 103. The van der Waals surface area contributed by atoms with Crippen LogP contribution < -0.4 is 51.4 Å². The van der Waals surface area contributed by atoms with Crippen LogP contribution in [0.2, 0.25) is 0 Å². The zero-order chi connectivity index (χ0) is 12.0. The van der Waals surface area contributed by atoms with Crippen LogP contribution in [-0.2, 0) is 36.5 Å². The van der Waals surface area contributed by atoms with Crippen LogP contribution in [0.25, 0.3) is 0 Å². The summed E-state index contributed by atoms with van der Waals surface area (Å²) < 4.78 is 0. The Balaban J connectivity index is -0.00000000396. The Morgan fingerprint density at radius 3 is 0.400 bits per heavy atom. The molecule has 0 aliphatic rings. The summed E-state index contributed by atoms with van der Waals surface area (Å²) in [4.78, 5) is 0. The number of rotatable bonds is 0. The topological polar surface area (TPSA) is 143 Å². The van der Waals surface area contributed by atoms with E-state index in [-0.39, 0.29) is 87.9 Å². The van der Waals surface area contributed by atoms with Gasteiger partial charge in [-0.3, -0.25) is 0 Å². The van der Waals surface area contributed by atoms with Crippen LogP contribution in [0.5, 0.6) is 0 Å². The van der Waals surface area contributed by atoms with Crippen molar-refractivity contribution >= 4 is 0 Å². The molecule has 9 heteroatoms. The van der Waals surface area contributed by atoms with E-state index >= 15 is 0 Å². The molecule has 0 aliphatic heterocycles. The van der Waals surface area contributed by atoms with Crippen molar-refractivity contribution < 1.29 is 87.9 Å². The predicted octanol–water partition coefficient (Wildman–Crippen LogP) is -2.42. The third kappa shape index (κ3) is 23900. The van der Waals surface area contributed by atoms with E-state index < -0.39 is 0 Å². The molecule has 0 N–H and O–H groups in total. The summed E-state index contributed by atoms with van der Waals surface area (Å²) in [5.41, 5.74) is 0. The number of nitrogens with zero attached hydrogens (tertiary/aromatic N) is 6. The molecule has 0 spiro atoms. The molecule has 0 bridgehead atoms. The van der Waals surface area contributed by atoms with Crippen molar-refractivity contribution in [3.05, 3.63) is 39.4 Å². The monoisotopic (exact) mass is 315 g/mol. The van der Waals surface area contributed by atoms with E-state index in [0.717, 1.165) is 0 Å². The Labute approximate surface area is 156 Å². The van der Waals surface area contributed by atoms with Crippen LogP contribution in [0, 0.1) is 71.0 Å². The first-order valence-corrected chi connectivity index (χ1v) is 1.34. The van der Waals surface area contributed by atoms with Gasteiger partial charge in [-0.15, -0.1) is 0 Å². The molecule has 0 saturated heterocycles. The van der Waals surface area contributed by atoms with Gasteiger partial charge in [0.25, 0.3) is 0 Å². The molecule has 0 fully saturated rings. The molecule has 0 heterocycles. The molecule has 0 aromatic heterocycles. The van der Waals surface area contributed by atoms with Gasteiger partial charge in [-0.2, -0.15) is 0 Å². The average molecular weight is 316 g/mol. The molecule has 0 aromatic carbocycles. The van der Waals surface area contributed by atoms with Crippen LogP contribution in [0.3, 0.4) is 0 Å². The number of hydrogen-bond donors (Lipinski definition) is 0. The average Bonchev–Trinajstić information content (AvgIpc) is 2.33. The maximum Gasteiger partial charge on any atom is 3.00 e. The van der Waals surface area contributed by atoms with Crippen molar-refractivity contribution in [2.45, 2.75) is 0 Å². The van der Waals surface area contributed by atoms with Gasteiger partial charge in [-0.25, -0.2) is 0 Å². The van der Waals surface area contributed by atoms with E-state index in [0.29, 0.717) is 0 Å². The van der Waals surface area contributed by atoms with Crippen molar-refractivity contribution in [3.63, 3.8) is 0 Å². The van der Waals surface area contributed by atoms with Crippen LogP contribution in [0.1, 0.15) is 0 Å². The van der Waals surface area contributed by atoms with Gasteiger partial charge in [0.15, 0.2) is 0 Å². The molecule has 15 heavy (non-hydrogen) atoms. The predicted molar refractivity (Wildman–Crippen MR) is 29.8 cm³/mol. The molecule has 0 atom stereocenters. The van der Waals surface area contributed by atoms with Gasteiger partial charge < -0.3 is 71.0 Å². The summed E-state index contributed by atoms with van der Waals surface area (Å²) in [7, 11) is 0. The second-order valence-electron chi connectivity index (χ2n) is 0. The largest absolute Gasteiger partial charge is 3.00 e. The smallest absolute Gasteiger partial charge is 0.512 e.